The molecule has 0 spiro atoms. The molecule has 0 fully saturated rings. The molecular weight excluding hydrogens is 446 g/mol. The third kappa shape index (κ3) is 4.90. The molecule has 7 heteroatoms. The predicted molar refractivity (Wildman–Crippen MR) is 136 cm³/mol. The number of rotatable bonds is 7. The van der Waals surface area contributed by atoms with Crippen LogP contribution in [0.1, 0.15) is 43.0 Å². The van der Waals surface area contributed by atoms with Gasteiger partial charge in [0.2, 0.25) is 5.91 Å². The quantitative estimate of drug-likeness (QED) is 0.374. The van der Waals surface area contributed by atoms with Gasteiger partial charge in [-0.2, -0.15) is 0 Å². The summed E-state index contributed by atoms with van der Waals surface area (Å²) in [4.78, 5) is 25.4. The average molecular weight is 478 g/mol. The molecule has 2 aromatic carbocycles. The predicted octanol–water partition coefficient (Wildman–Crippen LogP) is 5.06. The average Bonchev–Trinajstić information content (AvgIpc) is 3.24. The molecule has 0 radical (unpaired) electrons. The van der Waals surface area contributed by atoms with Gasteiger partial charge in [0.05, 0.1) is 32.5 Å². The van der Waals surface area contributed by atoms with Crippen molar-refractivity contribution in [3.8, 4) is 11.5 Å². The molecule has 4 rings (SSSR count). The van der Waals surface area contributed by atoms with Crippen LogP contribution in [0.2, 0.25) is 0 Å². The molecule has 35 heavy (non-hydrogen) atoms. The molecule has 0 atom stereocenters. The summed E-state index contributed by atoms with van der Waals surface area (Å²) in [5, 5.41) is 4.68. The molecular formula is C28H31NO6. The van der Waals surface area contributed by atoms with Crippen LogP contribution in [0.3, 0.4) is 0 Å². The van der Waals surface area contributed by atoms with Crippen LogP contribution >= 0.6 is 0 Å². The Morgan fingerprint density at radius 1 is 1.00 bits per heavy atom. The highest BCUT2D eigenvalue weighted by molar-refractivity contribution is 5.97. The van der Waals surface area contributed by atoms with Crippen molar-refractivity contribution in [2.45, 2.75) is 46.0 Å². The maximum Gasteiger partial charge on any atom is 0.340 e. The lowest BCUT2D eigenvalue weighted by Crippen LogP contribution is -2.29. The van der Waals surface area contributed by atoms with E-state index >= 15 is 0 Å². The Kier molecular flexibility index (Phi) is 6.61. The number of benzene rings is 2. The number of furan rings is 1. The number of hydrogen-bond acceptors (Lipinski definition) is 6. The summed E-state index contributed by atoms with van der Waals surface area (Å²) >= 11 is 0. The van der Waals surface area contributed by atoms with Crippen molar-refractivity contribution in [3.05, 3.63) is 69.3 Å². The van der Waals surface area contributed by atoms with Crippen LogP contribution in [-0.2, 0) is 23.1 Å². The Morgan fingerprint density at radius 2 is 1.74 bits per heavy atom. The Morgan fingerprint density at radius 3 is 2.43 bits per heavy atom. The second kappa shape index (κ2) is 9.49. The van der Waals surface area contributed by atoms with Crippen molar-refractivity contribution in [2.75, 3.05) is 20.8 Å². The number of ether oxygens (including phenoxy) is 2. The molecule has 7 nitrogen and oxygen atoms in total. The topological polar surface area (TPSA) is 90.9 Å². The van der Waals surface area contributed by atoms with Crippen LogP contribution in [0.5, 0.6) is 11.5 Å². The van der Waals surface area contributed by atoms with E-state index in [1.807, 2.05) is 31.2 Å². The highest BCUT2D eigenvalue weighted by Gasteiger charge is 2.22. The molecule has 0 unspecified atom stereocenters. The number of nitrogens with one attached hydrogen (secondary N) is 1. The molecule has 0 saturated carbocycles. The van der Waals surface area contributed by atoms with Gasteiger partial charge in [0.25, 0.3) is 0 Å². The van der Waals surface area contributed by atoms with Gasteiger partial charge in [-0.05, 0) is 48.1 Å². The number of methoxy groups -OCH3 is 2. The first-order chi connectivity index (χ1) is 16.6. The van der Waals surface area contributed by atoms with E-state index in [2.05, 4.69) is 26.1 Å². The van der Waals surface area contributed by atoms with Crippen LogP contribution < -0.4 is 20.4 Å². The molecule has 1 amide bonds. The molecule has 0 aliphatic carbocycles. The van der Waals surface area contributed by atoms with Gasteiger partial charge in [-0.3, -0.25) is 4.79 Å². The van der Waals surface area contributed by atoms with E-state index in [0.717, 1.165) is 27.5 Å². The standard InChI is InChI=1S/C28H31NO6/c1-16-18-12-20-21(28(2,3)4)15-34-23(20)14-24(18)35-27(31)19(16)13-26(30)29-10-9-17-7-8-22(32-5)25(11-17)33-6/h7-8,11-12,14-15H,9-10,13H2,1-6H3,(H,29,30). The maximum absolute atomic E-state index is 12.7. The first kappa shape index (κ1) is 24.4. The first-order valence-corrected chi connectivity index (χ1v) is 11.6. The molecule has 2 heterocycles. The number of amides is 1. The summed E-state index contributed by atoms with van der Waals surface area (Å²) in [6.45, 7) is 8.65. The number of carbonyl (C=O) groups excluding carboxylic acids is 1. The lowest BCUT2D eigenvalue weighted by atomic mass is 9.86. The zero-order chi connectivity index (χ0) is 25.3. The first-order valence-electron chi connectivity index (χ1n) is 11.6. The smallest absolute Gasteiger partial charge is 0.340 e. The Hall–Kier alpha value is -3.74. The third-order valence-corrected chi connectivity index (χ3v) is 6.31. The van der Waals surface area contributed by atoms with Crippen LogP contribution in [0.15, 0.2) is 50.2 Å². The zero-order valence-corrected chi connectivity index (χ0v) is 21.0. The monoisotopic (exact) mass is 477 g/mol. The number of aryl methyl sites for hydroxylation is 1. The third-order valence-electron chi connectivity index (χ3n) is 6.31. The highest BCUT2D eigenvalue weighted by Crippen LogP contribution is 2.35. The lowest BCUT2D eigenvalue weighted by Gasteiger charge is -2.16. The molecule has 0 aliphatic heterocycles. The van der Waals surface area contributed by atoms with Crippen LogP contribution in [0, 0.1) is 6.92 Å². The highest BCUT2D eigenvalue weighted by atomic mass is 16.5. The van der Waals surface area contributed by atoms with Gasteiger partial charge in [0.1, 0.15) is 11.2 Å². The van der Waals surface area contributed by atoms with Crippen molar-refractivity contribution in [1.29, 1.82) is 0 Å². The molecule has 4 aromatic rings. The van der Waals surface area contributed by atoms with Crippen molar-refractivity contribution in [1.82, 2.24) is 5.32 Å². The summed E-state index contributed by atoms with van der Waals surface area (Å²) in [5.74, 6) is 1.06. The van der Waals surface area contributed by atoms with Crippen molar-refractivity contribution < 1.29 is 23.1 Å². The van der Waals surface area contributed by atoms with E-state index in [1.54, 1.807) is 26.5 Å². The Bertz CT molecular complexity index is 1450. The lowest BCUT2D eigenvalue weighted by molar-refractivity contribution is -0.120. The fraction of sp³-hybridized carbons (Fsp3) is 0.357. The summed E-state index contributed by atoms with van der Waals surface area (Å²) in [6.07, 6.45) is 2.32. The zero-order valence-electron chi connectivity index (χ0n) is 21.0. The van der Waals surface area contributed by atoms with E-state index in [0.29, 0.717) is 41.2 Å². The number of fused-ring (bicyclic) bond motifs is 2. The summed E-state index contributed by atoms with van der Waals surface area (Å²) in [5.41, 5.74) is 3.71. The fourth-order valence-electron chi connectivity index (χ4n) is 4.30. The van der Waals surface area contributed by atoms with Gasteiger partial charge >= 0.3 is 5.63 Å². The number of carbonyl (C=O) groups is 1. The molecule has 2 aromatic heterocycles. The second-order valence-electron chi connectivity index (χ2n) is 9.70. The largest absolute Gasteiger partial charge is 0.493 e. The van der Waals surface area contributed by atoms with Gasteiger partial charge in [0.15, 0.2) is 11.5 Å². The second-order valence-corrected chi connectivity index (χ2v) is 9.70. The van der Waals surface area contributed by atoms with Crippen LogP contribution in [0.4, 0.5) is 0 Å². The molecule has 0 saturated heterocycles. The van der Waals surface area contributed by atoms with Crippen molar-refractivity contribution >= 4 is 27.8 Å². The summed E-state index contributed by atoms with van der Waals surface area (Å²) in [7, 11) is 3.17. The minimum atomic E-state index is -0.507. The van der Waals surface area contributed by atoms with Crippen molar-refractivity contribution in [2.24, 2.45) is 0 Å². The fourth-order valence-corrected chi connectivity index (χ4v) is 4.30. The Balaban J connectivity index is 1.53. The minimum Gasteiger partial charge on any atom is -0.493 e. The normalized spacial score (nSPS) is 11.7. The summed E-state index contributed by atoms with van der Waals surface area (Å²) < 4.78 is 21.9. The van der Waals surface area contributed by atoms with Crippen molar-refractivity contribution in [3.63, 3.8) is 0 Å². The van der Waals surface area contributed by atoms with E-state index in [-0.39, 0.29) is 17.7 Å². The van der Waals surface area contributed by atoms with Crippen LogP contribution in [-0.4, -0.2) is 26.7 Å². The SMILES string of the molecule is COc1ccc(CCNC(=O)Cc2c(C)c3cc4c(C(C)(C)C)coc4cc3oc2=O)cc1OC. The van der Waals surface area contributed by atoms with E-state index < -0.39 is 5.63 Å². The molecule has 0 aliphatic rings. The van der Waals surface area contributed by atoms with E-state index in [9.17, 15) is 9.59 Å². The summed E-state index contributed by atoms with van der Waals surface area (Å²) in [6, 6.07) is 9.39. The number of hydrogen-bond donors (Lipinski definition) is 1. The molecule has 0 bridgehead atoms. The minimum absolute atomic E-state index is 0.0500. The Labute approximate surface area is 204 Å². The molecule has 1 N–H and O–H groups in total. The van der Waals surface area contributed by atoms with Gasteiger partial charge in [0, 0.05) is 28.9 Å². The van der Waals surface area contributed by atoms with E-state index in [4.69, 9.17) is 18.3 Å². The van der Waals surface area contributed by atoms with E-state index in [1.165, 1.54) is 0 Å². The van der Waals surface area contributed by atoms with Crippen LogP contribution in [0.25, 0.3) is 21.9 Å². The van der Waals surface area contributed by atoms with Gasteiger partial charge < -0.3 is 23.6 Å². The van der Waals surface area contributed by atoms with Gasteiger partial charge in [-0.15, -0.1) is 0 Å². The maximum atomic E-state index is 12.7. The van der Waals surface area contributed by atoms with Gasteiger partial charge in [-0.25, -0.2) is 4.79 Å². The molecule has 184 valence electrons. The van der Waals surface area contributed by atoms with Gasteiger partial charge in [-0.1, -0.05) is 26.8 Å².